The van der Waals surface area contributed by atoms with Crippen molar-refractivity contribution in [2.75, 3.05) is 0 Å². The number of carbonyl (C=O) groups excluding carboxylic acids is 2. The Morgan fingerprint density at radius 3 is 2.24 bits per heavy atom. The number of rotatable bonds is 4. The summed E-state index contributed by atoms with van der Waals surface area (Å²) in [6.45, 7) is 0. The van der Waals surface area contributed by atoms with Gasteiger partial charge in [-0.2, -0.15) is 22.0 Å². The maximum absolute atomic E-state index is 12.5. The standard InChI is InChI=1S/C8H4F5NO2S/c9-7(10,8(11,12)13)5(16)3-4(15)6-14-1-2-17-6/h1-2H,3H2. The third-order valence-corrected chi connectivity index (χ3v) is 2.51. The molecule has 0 atom stereocenters. The van der Waals surface area contributed by atoms with Gasteiger partial charge < -0.3 is 0 Å². The van der Waals surface area contributed by atoms with Crippen molar-refractivity contribution in [1.82, 2.24) is 4.98 Å². The molecule has 0 aliphatic heterocycles. The van der Waals surface area contributed by atoms with E-state index in [9.17, 15) is 31.5 Å². The largest absolute Gasteiger partial charge is 0.461 e. The summed E-state index contributed by atoms with van der Waals surface area (Å²) in [6, 6.07) is 0. The van der Waals surface area contributed by atoms with Crippen LogP contribution in [0.2, 0.25) is 0 Å². The Labute approximate surface area is 95.3 Å². The first-order chi connectivity index (χ1) is 7.66. The number of thiazole rings is 1. The summed E-state index contributed by atoms with van der Waals surface area (Å²) in [4.78, 5) is 25.2. The van der Waals surface area contributed by atoms with Gasteiger partial charge in [0.1, 0.15) is 0 Å². The van der Waals surface area contributed by atoms with Gasteiger partial charge in [0.05, 0.1) is 6.42 Å². The lowest BCUT2D eigenvalue weighted by atomic mass is 10.1. The molecule has 0 aromatic carbocycles. The molecule has 0 saturated carbocycles. The molecule has 0 bridgehead atoms. The minimum absolute atomic E-state index is 0.281. The van der Waals surface area contributed by atoms with Gasteiger partial charge in [-0.3, -0.25) is 9.59 Å². The van der Waals surface area contributed by atoms with E-state index in [1.54, 1.807) is 0 Å². The molecule has 0 fully saturated rings. The lowest BCUT2D eigenvalue weighted by Crippen LogP contribution is -2.44. The molecule has 1 heterocycles. The molecule has 1 rings (SSSR count). The molecule has 9 heteroatoms. The van der Waals surface area contributed by atoms with Crippen LogP contribution in [0.25, 0.3) is 0 Å². The molecule has 0 aliphatic carbocycles. The van der Waals surface area contributed by atoms with Crippen molar-refractivity contribution < 1.29 is 31.5 Å². The Kier molecular flexibility index (Phi) is 3.60. The second-order valence-corrected chi connectivity index (χ2v) is 3.83. The molecule has 0 N–H and O–H groups in total. The Morgan fingerprint density at radius 2 is 1.82 bits per heavy atom. The Hall–Kier alpha value is -1.38. The number of alkyl halides is 5. The van der Waals surface area contributed by atoms with Gasteiger partial charge in [0, 0.05) is 11.6 Å². The normalized spacial score (nSPS) is 12.5. The zero-order valence-electron chi connectivity index (χ0n) is 7.92. The van der Waals surface area contributed by atoms with E-state index in [2.05, 4.69) is 4.98 Å². The van der Waals surface area contributed by atoms with Gasteiger partial charge in [-0.15, -0.1) is 11.3 Å². The van der Waals surface area contributed by atoms with Crippen molar-refractivity contribution in [1.29, 1.82) is 0 Å². The number of nitrogens with zero attached hydrogens (tertiary/aromatic N) is 1. The molecule has 3 nitrogen and oxygen atoms in total. The molecule has 0 spiro atoms. The highest BCUT2D eigenvalue weighted by Gasteiger charge is 2.62. The van der Waals surface area contributed by atoms with Crippen LogP contribution >= 0.6 is 11.3 Å². The fraction of sp³-hybridized carbons (Fsp3) is 0.375. The monoisotopic (exact) mass is 273 g/mol. The van der Waals surface area contributed by atoms with Crippen LogP contribution in [0.4, 0.5) is 22.0 Å². The highest BCUT2D eigenvalue weighted by atomic mass is 32.1. The van der Waals surface area contributed by atoms with Gasteiger partial charge in [0.2, 0.25) is 5.78 Å². The molecular weight excluding hydrogens is 269 g/mol. The maximum Gasteiger partial charge on any atom is 0.461 e. The van der Waals surface area contributed by atoms with E-state index >= 15 is 0 Å². The van der Waals surface area contributed by atoms with Crippen LogP contribution in [0.3, 0.4) is 0 Å². The summed E-state index contributed by atoms with van der Waals surface area (Å²) < 4.78 is 60.3. The second kappa shape index (κ2) is 4.47. The quantitative estimate of drug-likeness (QED) is 0.481. The molecule has 0 aliphatic rings. The van der Waals surface area contributed by atoms with E-state index in [1.807, 2.05) is 0 Å². The average Bonchev–Trinajstić information content (AvgIpc) is 2.68. The predicted octanol–water partition coefficient (Wildman–Crippen LogP) is 2.48. The van der Waals surface area contributed by atoms with Gasteiger partial charge >= 0.3 is 12.1 Å². The summed E-state index contributed by atoms with van der Waals surface area (Å²) in [7, 11) is 0. The third-order valence-electron chi connectivity index (χ3n) is 1.70. The topological polar surface area (TPSA) is 47.0 Å². The van der Waals surface area contributed by atoms with Crippen molar-refractivity contribution in [3.8, 4) is 0 Å². The lowest BCUT2D eigenvalue weighted by molar-refractivity contribution is -0.268. The third kappa shape index (κ3) is 2.84. The van der Waals surface area contributed by atoms with E-state index in [1.165, 1.54) is 11.6 Å². The van der Waals surface area contributed by atoms with Crippen LogP contribution in [0.1, 0.15) is 16.2 Å². The van der Waals surface area contributed by atoms with Gasteiger partial charge in [-0.05, 0) is 0 Å². The highest BCUT2D eigenvalue weighted by molar-refractivity contribution is 7.11. The fourth-order valence-corrected chi connectivity index (χ4v) is 1.43. The Bertz CT molecular complexity index is 426. The second-order valence-electron chi connectivity index (χ2n) is 2.93. The van der Waals surface area contributed by atoms with E-state index in [-0.39, 0.29) is 5.01 Å². The first kappa shape index (κ1) is 13.7. The number of halogens is 5. The first-order valence-electron chi connectivity index (χ1n) is 4.07. The van der Waals surface area contributed by atoms with E-state index in [0.717, 1.165) is 11.3 Å². The van der Waals surface area contributed by atoms with Crippen LogP contribution in [0.5, 0.6) is 0 Å². The molecule has 17 heavy (non-hydrogen) atoms. The Morgan fingerprint density at radius 1 is 1.24 bits per heavy atom. The predicted molar refractivity (Wildman–Crippen MR) is 47.1 cm³/mol. The van der Waals surface area contributed by atoms with Crippen LogP contribution < -0.4 is 0 Å². The van der Waals surface area contributed by atoms with Gasteiger partial charge in [0.15, 0.2) is 10.8 Å². The number of Topliss-reactive ketones (excluding diaryl/α,β-unsaturated/α-hetero) is 2. The van der Waals surface area contributed by atoms with Crippen molar-refractivity contribution in [3.63, 3.8) is 0 Å². The molecule has 0 radical (unpaired) electrons. The van der Waals surface area contributed by atoms with Gasteiger partial charge in [0.25, 0.3) is 0 Å². The van der Waals surface area contributed by atoms with Crippen molar-refractivity contribution in [2.45, 2.75) is 18.5 Å². The lowest BCUT2D eigenvalue weighted by Gasteiger charge is -2.17. The fourth-order valence-electron chi connectivity index (χ4n) is 0.852. The van der Waals surface area contributed by atoms with Crippen molar-refractivity contribution >= 4 is 22.9 Å². The smallest absolute Gasteiger partial charge is 0.292 e. The van der Waals surface area contributed by atoms with Gasteiger partial charge in [-0.25, -0.2) is 4.98 Å². The van der Waals surface area contributed by atoms with Crippen molar-refractivity contribution in [3.05, 3.63) is 16.6 Å². The summed E-state index contributed by atoms with van der Waals surface area (Å²) in [5, 5.41) is 1.05. The zero-order chi connectivity index (χ0) is 13.3. The zero-order valence-corrected chi connectivity index (χ0v) is 8.74. The Balaban J connectivity index is 2.77. The maximum atomic E-state index is 12.5. The first-order valence-corrected chi connectivity index (χ1v) is 4.94. The molecule has 0 amide bonds. The van der Waals surface area contributed by atoms with Gasteiger partial charge in [-0.1, -0.05) is 0 Å². The summed E-state index contributed by atoms with van der Waals surface area (Å²) in [5.41, 5.74) is 0. The summed E-state index contributed by atoms with van der Waals surface area (Å²) in [6.07, 6.45) is -6.35. The highest BCUT2D eigenvalue weighted by Crippen LogP contribution is 2.37. The molecule has 94 valence electrons. The summed E-state index contributed by atoms with van der Waals surface area (Å²) >= 11 is 0.752. The molecular formula is C8H4F5NO2S. The number of hydrogen-bond acceptors (Lipinski definition) is 4. The van der Waals surface area contributed by atoms with Crippen LogP contribution in [-0.2, 0) is 4.79 Å². The minimum Gasteiger partial charge on any atom is -0.292 e. The number of hydrogen-bond donors (Lipinski definition) is 0. The van der Waals surface area contributed by atoms with E-state index < -0.39 is 30.1 Å². The molecule has 1 aromatic heterocycles. The molecule has 0 saturated heterocycles. The van der Waals surface area contributed by atoms with Crippen LogP contribution in [0, 0.1) is 0 Å². The number of ketones is 2. The van der Waals surface area contributed by atoms with Crippen molar-refractivity contribution in [2.24, 2.45) is 0 Å². The molecule has 1 aromatic rings. The van der Waals surface area contributed by atoms with E-state index in [4.69, 9.17) is 0 Å². The summed E-state index contributed by atoms with van der Waals surface area (Å²) in [5.74, 6) is -9.15. The minimum atomic E-state index is -5.99. The van der Waals surface area contributed by atoms with Crippen LogP contribution in [0.15, 0.2) is 11.6 Å². The SMILES string of the molecule is O=C(CC(=O)C(F)(F)C(F)(F)F)c1nccs1. The number of carbonyl (C=O) groups is 2. The van der Waals surface area contributed by atoms with Crippen LogP contribution in [-0.4, -0.2) is 28.6 Å². The van der Waals surface area contributed by atoms with E-state index in [0.29, 0.717) is 0 Å². The average molecular weight is 273 g/mol. The molecule has 0 unspecified atom stereocenters. The number of aromatic nitrogens is 1.